The number of esters is 1. The van der Waals surface area contributed by atoms with Gasteiger partial charge < -0.3 is 15.2 Å². The fourth-order valence-electron chi connectivity index (χ4n) is 1.07. The van der Waals surface area contributed by atoms with Crippen molar-refractivity contribution in [2.75, 3.05) is 13.2 Å². The van der Waals surface area contributed by atoms with Gasteiger partial charge in [0.05, 0.1) is 12.7 Å². The van der Waals surface area contributed by atoms with Crippen molar-refractivity contribution in [3.63, 3.8) is 0 Å². The maximum absolute atomic E-state index is 11.1. The second kappa shape index (κ2) is 7.76. The Hall–Kier alpha value is -0.610. The smallest absolute Gasteiger partial charge is 0.322 e. The summed E-state index contributed by atoms with van der Waals surface area (Å²) < 4.78 is 4.83. The van der Waals surface area contributed by atoms with Crippen LogP contribution in [0.3, 0.4) is 0 Å². The molecule has 0 rings (SSSR count). The van der Waals surface area contributed by atoms with Gasteiger partial charge in [0, 0.05) is 0 Å². The average Bonchev–Trinajstić information content (AvgIpc) is 2.12. The molecule has 0 amide bonds. The Bertz CT molecular complexity index is 159. The normalized spacial score (nSPS) is 14.9. The van der Waals surface area contributed by atoms with E-state index in [2.05, 4.69) is 5.32 Å². The molecular weight excluding hydrogens is 182 g/mol. The summed E-state index contributed by atoms with van der Waals surface area (Å²) in [5.74, 6) is -0.218. The SMILES string of the molecule is CCOC(=O)C(C)NCCCC(C)O. The van der Waals surface area contributed by atoms with Crippen molar-refractivity contribution in [2.24, 2.45) is 0 Å². The second-order valence-electron chi connectivity index (χ2n) is 3.42. The summed E-state index contributed by atoms with van der Waals surface area (Å²) in [5.41, 5.74) is 0. The maximum atomic E-state index is 11.1. The summed E-state index contributed by atoms with van der Waals surface area (Å²) in [6, 6.07) is -0.260. The van der Waals surface area contributed by atoms with Crippen LogP contribution in [0.4, 0.5) is 0 Å². The lowest BCUT2D eigenvalue weighted by molar-refractivity contribution is -0.145. The Morgan fingerprint density at radius 2 is 2.14 bits per heavy atom. The molecule has 14 heavy (non-hydrogen) atoms. The van der Waals surface area contributed by atoms with E-state index in [4.69, 9.17) is 9.84 Å². The molecule has 0 aromatic heterocycles. The summed E-state index contributed by atoms with van der Waals surface area (Å²) in [6.45, 7) is 6.47. The lowest BCUT2D eigenvalue weighted by atomic mass is 10.2. The van der Waals surface area contributed by atoms with E-state index in [9.17, 15) is 4.79 Å². The first-order valence-corrected chi connectivity index (χ1v) is 5.16. The number of aliphatic hydroxyl groups is 1. The van der Waals surface area contributed by atoms with E-state index in [-0.39, 0.29) is 18.1 Å². The molecule has 0 aromatic rings. The predicted octanol–water partition coefficient (Wildman–Crippen LogP) is 0.689. The Balaban J connectivity index is 3.43. The zero-order valence-electron chi connectivity index (χ0n) is 9.25. The largest absolute Gasteiger partial charge is 0.465 e. The number of carbonyl (C=O) groups excluding carboxylic acids is 1. The van der Waals surface area contributed by atoms with Crippen LogP contribution in [0.5, 0.6) is 0 Å². The fraction of sp³-hybridized carbons (Fsp3) is 0.900. The van der Waals surface area contributed by atoms with Crippen molar-refractivity contribution in [2.45, 2.75) is 45.8 Å². The molecule has 0 saturated carbocycles. The van der Waals surface area contributed by atoms with Crippen LogP contribution in [0.1, 0.15) is 33.6 Å². The van der Waals surface area contributed by atoms with Crippen LogP contribution in [0.25, 0.3) is 0 Å². The van der Waals surface area contributed by atoms with E-state index in [1.165, 1.54) is 0 Å². The molecule has 0 aliphatic carbocycles. The van der Waals surface area contributed by atoms with Gasteiger partial charge in [-0.15, -0.1) is 0 Å². The molecule has 2 atom stereocenters. The van der Waals surface area contributed by atoms with Crippen LogP contribution in [0.2, 0.25) is 0 Å². The van der Waals surface area contributed by atoms with Gasteiger partial charge in [0.15, 0.2) is 0 Å². The van der Waals surface area contributed by atoms with Gasteiger partial charge in [-0.1, -0.05) is 0 Å². The minimum absolute atomic E-state index is 0.218. The molecule has 0 spiro atoms. The highest BCUT2D eigenvalue weighted by atomic mass is 16.5. The van der Waals surface area contributed by atoms with Gasteiger partial charge in [0.2, 0.25) is 0 Å². The Morgan fingerprint density at radius 3 is 2.64 bits per heavy atom. The van der Waals surface area contributed by atoms with Gasteiger partial charge in [0.1, 0.15) is 6.04 Å². The van der Waals surface area contributed by atoms with Crippen LogP contribution in [-0.2, 0) is 9.53 Å². The van der Waals surface area contributed by atoms with E-state index in [1.807, 2.05) is 0 Å². The van der Waals surface area contributed by atoms with Crippen molar-refractivity contribution >= 4 is 5.97 Å². The van der Waals surface area contributed by atoms with E-state index < -0.39 is 0 Å². The van der Waals surface area contributed by atoms with E-state index in [0.717, 1.165) is 19.4 Å². The molecule has 0 radical (unpaired) electrons. The van der Waals surface area contributed by atoms with Crippen LogP contribution in [-0.4, -0.2) is 36.4 Å². The highest BCUT2D eigenvalue weighted by Crippen LogP contribution is 1.95. The molecule has 0 saturated heterocycles. The average molecular weight is 203 g/mol. The third-order valence-electron chi connectivity index (χ3n) is 1.89. The molecule has 0 aliphatic heterocycles. The molecule has 4 heteroatoms. The zero-order chi connectivity index (χ0) is 11.0. The maximum Gasteiger partial charge on any atom is 0.322 e. The third-order valence-corrected chi connectivity index (χ3v) is 1.89. The lowest BCUT2D eigenvalue weighted by Gasteiger charge is -2.12. The van der Waals surface area contributed by atoms with Gasteiger partial charge >= 0.3 is 5.97 Å². The Labute approximate surface area is 85.6 Å². The monoisotopic (exact) mass is 203 g/mol. The molecule has 84 valence electrons. The second-order valence-corrected chi connectivity index (χ2v) is 3.42. The molecular formula is C10H21NO3. The van der Waals surface area contributed by atoms with Gasteiger partial charge in [-0.2, -0.15) is 0 Å². The summed E-state index contributed by atoms with van der Waals surface area (Å²) in [5, 5.41) is 12.0. The fourth-order valence-corrected chi connectivity index (χ4v) is 1.07. The molecule has 0 aliphatic rings. The molecule has 2 N–H and O–H groups in total. The van der Waals surface area contributed by atoms with Crippen LogP contribution < -0.4 is 5.32 Å². The van der Waals surface area contributed by atoms with E-state index in [1.54, 1.807) is 20.8 Å². The highest BCUT2D eigenvalue weighted by molar-refractivity contribution is 5.75. The van der Waals surface area contributed by atoms with Gasteiger partial charge in [-0.05, 0) is 40.2 Å². The summed E-state index contributed by atoms with van der Waals surface area (Å²) in [6.07, 6.45) is 1.35. The van der Waals surface area contributed by atoms with Crippen LogP contribution in [0.15, 0.2) is 0 Å². The van der Waals surface area contributed by atoms with Crippen molar-refractivity contribution in [1.82, 2.24) is 5.32 Å². The first kappa shape index (κ1) is 13.4. The number of carbonyl (C=O) groups is 1. The summed E-state index contributed by atoms with van der Waals surface area (Å²) >= 11 is 0. The topological polar surface area (TPSA) is 58.6 Å². The molecule has 0 fully saturated rings. The number of aliphatic hydroxyl groups excluding tert-OH is 1. The first-order valence-electron chi connectivity index (χ1n) is 5.16. The standard InChI is InChI=1S/C10H21NO3/c1-4-14-10(13)9(3)11-7-5-6-8(2)12/h8-9,11-12H,4-7H2,1-3H3. The molecule has 4 nitrogen and oxygen atoms in total. The first-order chi connectivity index (χ1) is 6.57. The molecule has 0 heterocycles. The number of hydrogen-bond donors (Lipinski definition) is 2. The molecule has 2 unspecified atom stereocenters. The van der Waals surface area contributed by atoms with Gasteiger partial charge in [-0.3, -0.25) is 4.79 Å². The van der Waals surface area contributed by atoms with Crippen LogP contribution in [0, 0.1) is 0 Å². The van der Waals surface area contributed by atoms with Gasteiger partial charge in [-0.25, -0.2) is 0 Å². The van der Waals surface area contributed by atoms with Crippen LogP contribution >= 0.6 is 0 Å². The summed E-state index contributed by atoms with van der Waals surface area (Å²) in [4.78, 5) is 11.1. The lowest BCUT2D eigenvalue weighted by Crippen LogP contribution is -2.36. The molecule has 0 aromatic carbocycles. The molecule has 0 bridgehead atoms. The van der Waals surface area contributed by atoms with Gasteiger partial charge in [0.25, 0.3) is 0 Å². The minimum atomic E-state index is -0.269. The predicted molar refractivity (Wildman–Crippen MR) is 55.0 cm³/mol. The van der Waals surface area contributed by atoms with E-state index >= 15 is 0 Å². The quantitative estimate of drug-likeness (QED) is 0.472. The highest BCUT2D eigenvalue weighted by Gasteiger charge is 2.11. The Morgan fingerprint density at radius 1 is 1.50 bits per heavy atom. The minimum Gasteiger partial charge on any atom is -0.465 e. The zero-order valence-corrected chi connectivity index (χ0v) is 9.25. The Kier molecular flexibility index (Phi) is 7.42. The third kappa shape index (κ3) is 6.86. The van der Waals surface area contributed by atoms with Crippen molar-refractivity contribution in [1.29, 1.82) is 0 Å². The van der Waals surface area contributed by atoms with Crippen molar-refractivity contribution < 1.29 is 14.6 Å². The van der Waals surface area contributed by atoms with Crippen molar-refractivity contribution in [3.8, 4) is 0 Å². The number of rotatable bonds is 7. The van der Waals surface area contributed by atoms with Crippen molar-refractivity contribution in [3.05, 3.63) is 0 Å². The number of hydrogen-bond acceptors (Lipinski definition) is 4. The number of nitrogens with one attached hydrogen (secondary N) is 1. The summed E-state index contributed by atoms with van der Waals surface area (Å²) in [7, 11) is 0. The number of ether oxygens (including phenoxy) is 1. The van der Waals surface area contributed by atoms with E-state index in [0.29, 0.717) is 6.61 Å².